The Morgan fingerprint density at radius 3 is 2.77 bits per heavy atom. The summed E-state index contributed by atoms with van der Waals surface area (Å²) in [6.45, 7) is 2.46. The number of rotatable bonds is 3. The molecule has 0 aromatic heterocycles. The minimum atomic E-state index is -0.134. The highest BCUT2D eigenvalue weighted by atomic mass is 16.5. The van der Waals surface area contributed by atoms with Crippen molar-refractivity contribution >= 4 is 5.69 Å². The quantitative estimate of drug-likeness (QED) is 0.687. The van der Waals surface area contributed by atoms with Gasteiger partial charge in [-0.2, -0.15) is 0 Å². The Balaban J connectivity index is 2.93. The van der Waals surface area contributed by atoms with Gasteiger partial charge in [-0.15, -0.1) is 0 Å². The molecule has 0 saturated carbocycles. The standard InChI is InChI=1S/C10H16N2O/c1-7-4-3-5-8(10(7)12)9(11)6-13-2/h3-5,9H,6,11-12H2,1-2H3/t9-/m1/s1. The van der Waals surface area contributed by atoms with Crippen LogP contribution in [-0.4, -0.2) is 13.7 Å². The second-order valence-electron chi connectivity index (χ2n) is 3.14. The topological polar surface area (TPSA) is 61.3 Å². The zero-order valence-electron chi connectivity index (χ0n) is 8.08. The molecule has 1 aromatic carbocycles. The predicted molar refractivity (Wildman–Crippen MR) is 54.4 cm³/mol. The van der Waals surface area contributed by atoms with Crippen molar-refractivity contribution in [2.24, 2.45) is 5.73 Å². The molecule has 0 aliphatic carbocycles. The summed E-state index contributed by atoms with van der Waals surface area (Å²) in [4.78, 5) is 0. The Labute approximate surface area is 78.7 Å². The molecule has 1 rings (SSSR count). The Bertz CT molecular complexity index is 286. The van der Waals surface area contributed by atoms with Crippen molar-refractivity contribution in [1.82, 2.24) is 0 Å². The number of para-hydroxylation sites is 1. The van der Waals surface area contributed by atoms with Crippen LogP contribution in [0.4, 0.5) is 5.69 Å². The summed E-state index contributed by atoms with van der Waals surface area (Å²) in [5.74, 6) is 0. The fraction of sp³-hybridized carbons (Fsp3) is 0.400. The van der Waals surface area contributed by atoms with E-state index in [-0.39, 0.29) is 6.04 Å². The van der Waals surface area contributed by atoms with Crippen molar-refractivity contribution in [3.05, 3.63) is 29.3 Å². The maximum atomic E-state index is 5.88. The van der Waals surface area contributed by atoms with Crippen molar-refractivity contribution < 1.29 is 4.74 Å². The highest BCUT2D eigenvalue weighted by Gasteiger charge is 2.09. The first-order valence-corrected chi connectivity index (χ1v) is 4.26. The summed E-state index contributed by atoms with van der Waals surface area (Å²) in [5, 5.41) is 0. The molecule has 0 fully saturated rings. The summed E-state index contributed by atoms with van der Waals surface area (Å²) < 4.78 is 4.97. The van der Waals surface area contributed by atoms with Crippen LogP contribution in [0.15, 0.2) is 18.2 Å². The minimum absolute atomic E-state index is 0.134. The summed E-state index contributed by atoms with van der Waals surface area (Å²) in [6.07, 6.45) is 0. The second kappa shape index (κ2) is 4.25. The molecule has 3 nitrogen and oxygen atoms in total. The van der Waals surface area contributed by atoms with E-state index in [0.717, 1.165) is 16.8 Å². The molecule has 0 saturated heterocycles. The smallest absolute Gasteiger partial charge is 0.0656 e. The molecule has 0 aliphatic rings. The zero-order valence-corrected chi connectivity index (χ0v) is 8.08. The molecule has 13 heavy (non-hydrogen) atoms. The number of nitrogens with two attached hydrogens (primary N) is 2. The van der Waals surface area contributed by atoms with Crippen molar-refractivity contribution in [3.8, 4) is 0 Å². The van der Waals surface area contributed by atoms with Crippen LogP contribution < -0.4 is 11.5 Å². The molecule has 0 amide bonds. The number of methoxy groups -OCH3 is 1. The third-order valence-corrected chi connectivity index (χ3v) is 2.10. The summed E-state index contributed by atoms with van der Waals surface area (Å²) >= 11 is 0. The largest absolute Gasteiger partial charge is 0.398 e. The Kier molecular flexibility index (Phi) is 3.28. The van der Waals surface area contributed by atoms with Crippen LogP contribution in [0.2, 0.25) is 0 Å². The lowest BCUT2D eigenvalue weighted by molar-refractivity contribution is 0.181. The van der Waals surface area contributed by atoms with Crippen LogP contribution >= 0.6 is 0 Å². The average Bonchev–Trinajstić information content (AvgIpc) is 2.10. The first kappa shape index (κ1) is 10.0. The number of hydrogen-bond donors (Lipinski definition) is 2. The van der Waals surface area contributed by atoms with E-state index >= 15 is 0 Å². The zero-order chi connectivity index (χ0) is 9.84. The third-order valence-electron chi connectivity index (χ3n) is 2.10. The number of aryl methyl sites for hydroxylation is 1. The lowest BCUT2D eigenvalue weighted by Crippen LogP contribution is -2.18. The number of anilines is 1. The van der Waals surface area contributed by atoms with Crippen molar-refractivity contribution in [3.63, 3.8) is 0 Å². The molecule has 0 radical (unpaired) electrons. The number of ether oxygens (including phenoxy) is 1. The lowest BCUT2D eigenvalue weighted by atomic mass is 10.0. The minimum Gasteiger partial charge on any atom is -0.398 e. The molecule has 0 aliphatic heterocycles. The number of nitrogen functional groups attached to an aromatic ring is 1. The van der Waals surface area contributed by atoms with Gasteiger partial charge in [0.05, 0.1) is 12.6 Å². The Morgan fingerprint density at radius 1 is 1.46 bits per heavy atom. The molecule has 0 heterocycles. The number of benzene rings is 1. The second-order valence-corrected chi connectivity index (χ2v) is 3.14. The highest BCUT2D eigenvalue weighted by Crippen LogP contribution is 2.21. The molecule has 3 heteroatoms. The maximum absolute atomic E-state index is 5.88. The van der Waals surface area contributed by atoms with E-state index in [4.69, 9.17) is 16.2 Å². The SMILES string of the molecule is COC[C@@H](N)c1cccc(C)c1N. The molecular formula is C10H16N2O. The molecule has 1 atom stereocenters. The van der Waals surface area contributed by atoms with Crippen LogP contribution in [-0.2, 0) is 4.74 Å². The normalized spacial score (nSPS) is 12.8. The van der Waals surface area contributed by atoms with Crippen LogP contribution in [0, 0.1) is 6.92 Å². The average molecular weight is 180 g/mol. The molecule has 0 bridgehead atoms. The molecule has 0 spiro atoms. The van der Waals surface area contributed by atoms with Gasteiger partial charge >= 0.3 is 0 Å². The van der Waals surface area contributed by atoms with E-state index in [9.17, 15) is 0 Å². The van der Waals surface area contributed by atoms with E-state index in [0.29, 0.717) is 6.61 Å². The van der Waals surface area contributed by atoms with E-state index < -0.39 is 0 Å². The van der Waals surface area contributed by atoms with Gasteiger partial charge in [-0.1, -0.05) is 18.2 Å². The van der Waals surface area contributed by atoms with Gasteiger partial charge in [0.2, 0.25) is 0 Å². The van der Waals surface area contributed by atoms with Crippen LogP contribution in [0.25, 0.3) is 0 Å². The van der Waals surface area contributed by atoms with Crippen LogP contribution in [0.5, 0.6) is 0 Å². The third kappa shape index (κ3) is 2.20. The van der Waals surface area contributed by atoms with E-state index in [1.807, 2.05) is 25.1 Å². The molecular weight excluding hydrogens is 164 g/mol. The van der Waals surface area contributed by atoms with Crippen LogP contribution in [0.3, 0.4) is 0 Å². The first-order valence-electron chi connectivity index (χ1n) is 4.26. The van der Waals surface area contributed by atoms with Gasteiger partial charge in [0.25, 0.3) is 0 Å². The van der Waals surface area contributed by atoms with E-state index in [1.165, 1.54) is 0 Å². The van der Waals surface area contributed by atoms with Crippen molar-refractivity contribution in [2.45, 2.75) is 13.0 Å². The lowest BCUT2D eigenvalue weighted by Gasteiger charge is -2.14. The van der Waals surface area contributed by atoms with Crippen molar-refractivity contribution in [1.29, 1.82) is 0 Å². The predicted octanol–water partition coefficient (Wildman–Crippen LogP) is 1.22. The van der Waals surface area contributed by atoms with E-state index in [2.05, 4.69) is 0 Å². The summed E-state index contributed by atoms with van der Waals surface area (Å²) in [6, 6.07) is 5.73. The van der Waals surface area contributed by atoms with Gasteiger partial charge in [0.15, 0.2) is 0 Å². The van der Waals surface area contributed by atoms with Crippen LogP contribution in [0.1, 0.15) is 17.2 Å². The summed E-state index contributed by atoms with van der Waals surface area (Å²) in [7, 11) is 1.63. The van der Waals surface area contributed by atoms with Gasteiger partial charge in [-0.3, -0.25) is 0 Å². The highest BCUT2D eigenvalue weighted by molar-refractivity contribution is 5.54. The fourth-order valence-corrected chi connectivity index (χ4v) is 1.30. The monoisotopic (exact) mass is 180 g/mol. The summed E-state index contributed by atoms with van der Waals surface area (Å²) in [5.41, 5.74) is 14.5. The van der Waals surface area contributed by atoms with Gasteiger partial charge < -0.3 is 16.2 Å². The molecule has 72 valence electrons. The Morgan fingerprint density at radius 2 is 2.15 bits per heavy atom. The molecule has 0 unspecified atom stereocenters. The Hall–Kier alpha value is -1.06. The first-order chi connectivity index (χ1) is 6.16. The van der Waals surface area contributed by atoms with Gasteiger partial charge in [-0.05, 0) is 18.1 Å². The maximum Gasteiger partial charge on any atom is 0.0656 e. The molecule has 1 aromatic rings. The fourth-order valence-electron chi connectivity index (χ4n) is 1.30. The van der Waals surface area contributed by atoms with Gasteiger partial charge in [0, 0.05) is 12.8 Å². The van der Waals surface area contributed by atoms with Crippen molar-refractivity contribution in [2.75, 3.05) is 19.5 Å². The van der Waals surface area contributed by atoms with Gasteiger partial charge in [-0.25, -0.2) is 0 Å². The van der Waals surface area contributed by atoms with Gasteiger partial charge in [0.1, 0.15) is 0 Å². The number of hydrogen-bond acceptors (Lipinski definition) is 3. The van der Waals surface area contributed by atoms with E-state index in [1.54, 1.807) is 7.11 Å². The molecule has 4 N–H and O–H groups in total.